The van der Waals surface area contributed by atoms with Crippen molar-refractivity contribution in [2.45, 2.75) is 6.42 Å². The molecule has 20 heavy (non-hydrogen) atoms. The first-order chi connectivity index (χ1) is 9.58. The van der Waals surface area contributed by atoms with Crippen molar-refractivity contribution in [1.29, 1.82) is 5.26 Å². The van der Waals surface area contributed by atoms with Crippen LogP contribution in [0.3, 0.4) is 0 Å². The third-order valence-electron chi connectivity index (χ3n) is 2.65. The number of phenolic OH excluding ortho intramolecular Hbond substituents is 1. The third-order valence-corrected chi connectivity index (χ3v) is 2.65. The van der Waals surface area contributed by atoms with E-state index < -0.39 is 5.82 Å². The first-order valence-electron chi connectivity index (χ1n) is 5.86. The van der Waals surface area contributed by atoms with E-state index >= 15 is 0 Å². The lowest BCUT2D eigenvalue weighted by Gasteiger charge is -2.06. The number of amides is 1. The molecule has 2 aromatic carbocycles. The molecular weight excluding hydrogens is 259 g/mol. The summed E-state index contributed by atoms with van der Waals surface area (Å²) in [6.45, 7) is 0. The van der Waals surface area contributed by atoms with Gasteiger partial charge in [-0.2, -0.15) is 5.26 Å². The van der Waals surface area contributed by atoms with Crippen molar-refractivity contribution in [2.75, 3.05) is 5.32 Å². The molecule has 0 bridgehead atoms. The second-order valence-corrected chi connectivity index (χ2v) is 4.20. The molecule has 0 aliphatic heterocycles. The number of halogens is 1. The van der Waals surface area contributed by atoms with E-state index in [1.54, 1.807) is 18.2 Å². The Labute approximate surface area is 115 Å². The predicted molar refractivity (Wildman–Crippen MR) is 71.6 cm³/mol. The van der Waals surface area contributed by atoms with E-state index in [0.29, 0.717) is 11.3 Å². The number of aromatic hydroxyl groups is 1. The quantitative estimate of drug-likeness (QED) is 0.900. The molecule has 0 saturated heterocycles. The first kappa shape index (κ1) is 13.6. The lowest BCUT2D eigenvalue weighted by Crippen LogP contribution is -2.14. The van der Waals surface area contributed by atoms with Crippen molar-refractivity contribution in [2.24, 2.45) is 0 Å². The van der Waals surface area contributed by atoms with Gasteiger partial charge in [0.15, 0.2) is 0 Å². The number of nitrogens with one attached hydrogen (secondary N) is 1. The maximum absolute atomic E-state index is 13.1. The van der Waals surface area contributed by atoms with Crippen molar-refractivity contribution in [3.05, 3.63) is 59.4 Å². The van der Waals surface area contributed by atoms with Crippen LogP contribution in [0.5, 0.6) is 5.75 Å². The SMILES string of the molecule is N#Cc1cc(NC(=O)Cc2cccc(O)c2)ccc1F. The van der Waals surface area contributed by atoms with E-state index in [0.717, 1.165) is 6.07 Å². The molecule has 2 aromatic rings. The lowest BCUT2D eigenvalue weighted by atomic mass is 10.1. The molecule has 0 heterocycles. The van der Waals surface area contributed by atoms with Crippen LogP contribution in [-0.4, -0.2) is 11.0 Å². The molecule has 100 valence electrons. The predicted octanol–water partition coefficient (Wildman–Crippen LogP) is 2.58. The minimum Gasteiger partial charge on any atom is -0.508 e. The van der Waals surface area contributed by atoms with Gasteiger partial charge in [0.1, 0.15) is 17.6 Å². The smallest absolute Gasteiger partial charge is 0.228 e. The number of nitriles is 1. The molecule has 0 aliphatic carbocycles. The maximum Gasteiger partial charge on any atom is 0.228 e. The number of hydrogen-bond acceptors (Lipinski definition) is 3. The van der Waals surface area contributed by atoms with Crippen LogP contribution in [0.1, 0.15) is 11.1 Å². The van der Waals surface area contributed by atoms with Gasteiger partial charge in [0.05, 0.1) is 12.0 Å². The van der Waals surface area contributed by atoms with Crippen LogP contribution in [-0.2, 0) is 11.2 Å². The Morgan fingerprint density at radius 3 is 2.80 bits per heavy atom. The molecule has 0 fully saturated rings. The van der Waals surface area contributed by atoms with E-state index in [2.05, 4.69) is 5.32 Å². The number of carbonyl (C=O) groups excluding carboxylic acids is 1. The number of nitrogens with zero attached hydrogens (tertiary/aromatic N) is 1. The fraction of sp³-hybridized carbons (Fsp3) is 0.0667. The normalized spacial score (nSPS) is 9.80. The molecule has 0 unspecified atom stereocenters. The standard InChI is InChI=1S/C15H11FN2O2/c16-14-5-4-12(8-11(14)9-17)18-15(20)7-10-2-1-3-13(19)6-10/h1-6,8,19H,7H2,(H,18,20). The fourth-order valence-electron chi connectivity index (χ4n) is 1.75. The molecule has 4 nitrogen and oxygen atoms in total. The van der Waals surface area contributed by atoms with Gasteiger partial charge in [-0.05, 0) is 35.9 Å². The molecule has 0 aromatic heterocycles. The Kier molecular flexibility index (Phi) is 3.96. The van der Waals surface area contributed by atoms with Crippen molar-refractivity contribution in [1.82, 2.24) is 0 Å². The summed E-state index contributed by atoms with van der Waals surface area (Å²) in [5.74, 6) is -0.853. The van der Waals surface area contributed by atoms with Gasteiger partial charge < -0.3 is 10.4 Å². The molecule has 5 heteroatoms. The molecule has 0 atom stereocenters. The van der Waals surface area contributed by atoms with Gasteiger partial charge in [0.2, 0.25) is 5.91 Å². The Balaban J connectivity index is 2.07. The van der Waals surface area contributed by atoms with Gasteiger partial charge in [-0.3, -0.25) is 4.79 Å². The Morgan fingerprint density at radius 1 is 1.30 bits per heavy atom. The summed E-state index contributed by atoms with van der Waals surface area (Å²) in [6.07, 6.45) is 0.0770. The van der Waals surface area contributed by atoms with E-state index in [4.69, 9.17) is 5.26 Å². The van der Waals surface area contributed by atoms with Crippen molar-refractivity contribution in [3.8, 4) is 11.8 Å². The number of benzene rings is 2. The van der Waals surface area contributed by atoms with Crippen LogP contribution < -0.4 is 5.32 Å². The second kappa shape index (κ2) is 5.85. The highest BCUT2D eigenvalue weighted by atomic mass is 19.1. The largest absolute Gasteiger partial charge is 0.508 e. The molecule has 0 aliphatic rings. The Morgan fingerprint density at radius 2 is 2.10 bits per heavy atom. The maximum atomic E-state index is 13.1. The Hall–Kier alpha value is -2.87. The van der Waals surface area contributed by atoms with E-state index in [-0.39, 0.29) is 23.6 Å². The summed E-state index contributed by atoms with van der Waals surface area (Å²) in [5.41, 5.74) is 0.887. The fourth-order valence-corrected chi connectivity index (χ4v) is 1.75. The molecule has 0 radical (unpaired) electrons. The second-order valence-electron chi connectivity index (χ2n) is 4.20. The van der Waals surface area contributed by atoms with Gasteiger partial charge in [-0.15, -0.1) is 0 Å². The highest BCUT2D eigenvalue weighted by Gasteiger charge is 2.07. The molecule has 2 rings (SSSR count). The Bertz CT molecular complexity index is 693. The van der Waals surface area contributed by atoms with Gasteiger partial charge in [0, 0.05) is 5.69 Å². The summed E-state index contributed by atoms with van der Waals surface area (Å²) >= 11 is 0. The summed E-state index contributed by atoms with van der Waals surface area (Å²) < 4.78 is 13.1. The zero-order chi connectivity index (χ0) is 14.5. The van der Waals surface area contributed by atoms with Crippen LogP contribution in [0, 0.1) is 17.1 Å². The van der Waals surface area contributed by atoms with Crippen molar-refractivity contribution in [3.63, 3.8) is 0 Å². The average molecular weight is 270 g/mol. The molecule has 2 N–H and O–H groups in total. The summed E-state index contributed by atoms with van der Waals surface area (Å²) in [7, 11) is 0. The van der Waals surface area contributed by atoms with Crippen LogP contribution >= 0.6 is 0 Å². The third kappa shape index (κ3) is 3.33. The number of anilines is 1. The summed E-state index contributed by atoms with van der Waals surface area (Å²) in [4.78, 5) is 11.8. The minimum atomic E-state index is -0.626. The number of carbonyl (C=O) groups is 1. The van der Waals surface area contributed by atoms with Crippen molar-refractivity contribution >= 4 is 11.6 Å². The molecule has 0 spiro atoms. The number of rotatable bonds is 3. The first-order valence-corrected chi connectivity index (χ1v) is 5.86. The molecule has 1 amide bonds. The zero-order valence-corrected chi connectivity index (χ0v) is 10.4. The van der Waals surface area contributed by atoms with E-state index in [1.807, 2.05) is 0 Å². The van der Waals surface area contributed by atoms with E-state index in [1.165, 1.54) is 24.3 Å². The minimum absolute atomic E-state index is 0.0770. The van der Waals surface area contributed by atoms with Gasteiger partial charge in [-0.1, -0.05) is 12.1 Å². The van der Waals surface area contributed by atoms with E-state index in [9.17, 15) is 14.3 Å². The van der Waals surface area contributed by atoms with Gasteiger partial charge in [0.25, 0.3) is 0 Å². The van der Waals surface area contributed by atoms with Crippen LogP contribution in [0.15, 0.2) is 42.5 Å². The van der Waals surface area contributed by atoms with Crippen LogP contribution in [0.4, 0.5) is 10.1 Å². The summed E-state index contributed by atoms with van der Waals surface area (Å²) in [5, 5.41) is 20.6. The highest BCUT2D eigenvalue weighted by molar-refractivity contribution is 5.92. The molecule has 0 saturated carbocycles. The van der Waals surface area contributed by atoms with Crippen LogP contribution in [0.2, 0.25) is 0 Å². The topological polar surface area (TPSA) is 73.1 Å². The lowest BCUT2D eigenvalue weighted by molar-refractivity contribution is -0.115. The number of phenols is 1. The summed E-state index contributed by atoms with van der Waals surface area (Å²) in [6, 6.07) is 11.9. The molecular formula is C15H11FN2O2. The van der Waals surface area contributed by atoms with Crippen molar-refractivity contribution < 1.29 is 14.3 Å². The van der Waals surface area contributed by atoms with Gasteiger partial charge >= 0.3 is 0 Å². The highest BCUT2D eigenvalue weighted by Crippen LogP contribution is 2.15. The zero-order valence-electron chi connectivity index (χ0n) is 10.4. The average Bonchev–Trinajstić information content (AvgIpc) is 2.41. The van der Waals surface area contributed by atoms with Gasteiger partial charge in [-0.25, -0.2) is 4.39 Å². The number of hydrogen-bond donors (Lipinski definition) is 2. The monoisotopic (exact) mass is 270 g/mol. The van der Waals surface area contributed by atoms with Crippen LogP contribution in [0.25, 0.3) is 0 Å².